The zero-order valence-corrected chi connectivity index (χ0v) is 27.2. The van der Waals surface area contributed by atoms with Crippen LogP contribution in [0.5, 0.6) is 5.75 Å². The highest BCUT2D eigenvalue weighted by molar-refractivity contribution is 6.00. The largest absolute Gasteiger partial charge is 0.483 e. The number of likely N-dealkylation sites (tertiary alicyclic amines) is 1. The number of aliphatic carboxylic acids is 1. The molecule has 0 bridgehead atoms. The second-order valence-corrected chi connectivity index (χ2v) is 11.5. The number of ether oxygens (including phenoxy) is 2. The van der Waals surface area contributed by atoms with E-state index in [1.807, 2.05) is 19.9 Å². The van der Waals surface area contributed by atoms with Gasteiger partial charge in [-0.2, -0.15) is 0 Å². The second kappa shape index (κ2) is 15.6. The monoisotopic (exact) mass is 654 g/mol. The fourth-order valence-electron chi connectivity index (χ4n) is 5.65. The molecule has 4 rings (SSSR count). The van der Waals surface area contributed by atoms with E-state index in [-0.39, 0.29) is 62.7 Å². The molecule has 2 saturated heterocycles. The van der Waals surface area contributed by atoms with E-state index in [9.17, 15) is 33.9 Å². The van der Waals surface area contributed by atoms with E-state index in [1.165, 1.54) is 20.8 Å². The van der Waals surface area contributed by atoms with Crippen LogP contribution >= 0.6 is 0 Å². The number of hydrogen-bond donors (Lipinski definition) is 2. The molecular weight excluding hydrogens is 612 g/mol. The van der Waals surface area contributed by atoms with E-state index in [1.54, 1.807) is 31.0 Å². The second-order valence-electron chi connectivity index (χ2n) is 11.5. The number of aryl methyl sites for hydroxylation is 1. The maximum absolute atomic E-state index is 13.5. The molecule has 2 fully saturated rings. The fourth-order valence-corrected chi connectivity index (χ4v) is 5.65. The summed E-state index contributed by atoms with van der Waals surface area (Å²) in [5.74, 6) is -3.01. The summed E-state index contributed by atoms with van der Waals surface area (Å²) in [5, 5.41) is 12.6. The minimum Gasteiger partial charge on any atom is -0.483 e. The summed E-state index contributed by atoms with van der Waals surface area (Å²) in [6.07, 6.45) is 0.0910. The Morgan fingerprint density at radius 3 is 2.40 bits per heavy atom. The van der Waals surface area contributed by atoms with Gasteiger partial charge in [0.1, 0.15) is 23.5 Å². The number of nitrogens with zero attached hydrogens (tertiary/aromatic N) is 5. The average molecular weight is 655 g/mol. The van der Waals surface area contributed by atoms with Crippen LogP contribution in [0.1, 0.15) is 49.2 Å². The normalized spacial score (nSPS) is 16.9. The van der Waals surface area contributed by atoms with Crippen molar-refractivity contribution in [3.63, 3.8) is 0 Å². The molecule has 0 spiro atoms. The van der Waals surface area contributed by atoms with Crippen molar-refractivity contribution in [3.8, 4) is 5.75 Å². The van der Waals surface area contributed by atoms with Crippen molar-refractivity contribution in [2.75, 3.05) is 59.5 Å². The summed E-state index contributed by atoms with van der Waals surface area (Å²) in [6, 6.07) is 4.70. The molecule has 2 aromatic rings. The molecule has 1 aromatic heterocycles. The number of likely N-dealkylation sites (N-methyl/N-ethyl adjacent to an activating group) is 1. The molecule has 0 aliphatic carbocycles. The molecule has 15 nitrogen and oxygen atoms in total. The van der Waals surface area contributed by atoms with E-state index in [0.29, 0.717) is 36.8 Å². The van der Waals surface area contributed by atoms with E-state index in [2.05, 4.69) is 10.3 Å². The van der Waals surface area contributed by atoms with Crippen molar-refractivity contribution >= 4 is 46.6 Å². The molecule has 0 unspecified atom stereocenters. The van der Waals surface area contributed by atoms with E-state index in [0.717, 1.165) is 5.56 Å². The molecule has 0 saturated carbocycles. The molecule has 2 N–H and O–H groups in total. The minimum atomic E-state index is -1.40. The third-order valence-corrected chi connectivity index (χ3v) is 8.32. The first-order chi connectivity index (χ1) is 22.4. The van der Waals surface area contributed by atoms with Crippen LogP contribution in [-0.4, -0.2) is 137 Å². The summed E-state index contributed by atoms with van der Waals surface area (Å²) in [4.78, 5) is 87.0. The van der Waals surface area contributed by atoms with Crippen LogP contribution < -0.4 is 10.1 Å². The van der Waals surface area contributed by atoms with Crippen molar-refractivity contribution in [1.82, 2.24) is 29.9 Å². The van der Waals surface area contributed by atoms with E-state index in [4.69, 9.17) is 9.47 Å². The Hall–Kier alpha value is -4.95. The van der Waals surface area contributed by atoms with Crippen LogP contribution in [0, 0.1) is 6.92 Å². The summed E-state index contributed by atoms with van der Waals surface area (Å²) >= 11 is 0. The van der Waals surface area contributed by atoms with Gasteiger partial charge in [-0.25, -0.2) is 9.78 Å². The third-order valence-electron chi connectivity index (χ3n) is 8.32. The minimum absolute atomic E-state index is 0.131. The zero-order valence-electron chi connectivity index (χ0n) is 27.2. The quantitative estimate of drug-likeness (QED) is 0.358. The molecule has 47 heavy (non-hydrogen) atoms. The Morgan fingerprint density at radius 2 is 1.74 bits per heavy atom. The number of carbonyl (C=O) groups is 6. The van der Waals surface area contributed by atoms with Gasteiger partial charge in [0.15, 0.2) is 6.61 Å². The number of carbonyl (C=O) groups excluding carboxylic acids is 5. The smallest absolute Gasteiger partial charge is 0.409 e. The number of fused-ring (bicyclic) bond motifs is 1. The summed E-state index contributed by atoms with van der Waals surface area (Å²) in [5.41, 5.74) is 1.11. The number of aromatic nitrogens is 1. The van der Waals surface area contributed by atoms with Gasteiger partial charge >= 0.3 is 12.1 Å². The van der Waals surface area contributed by atoms with Crippen LogP contribution in [0.2, 0.25) is 0 Å². The Balaban J connectivity index is 1.51. The highest BCUT2D eigenvalue weighted by Gasteiger charge is 2.36. The number of nitrogens with one attached hydrogen (secondary N) is 1. The topological polar surface area (TPSA) is 179 Å². The van der Waals surface area contributed by atoms with Gasteiger partial charge in [-0.3, -0.25) is 24.0 Å². The molecule has 254 valence electrons. The lowest BCUT2D eigenvalue weighted by molar-refractivity contribution is -0.144. The maximum atomic E-state index is 13.5. The van der Waals surface area contributed by atoms with Crippen molar-refractivity contribution in [3.05, 3.63) is 35.5 Å². The maximum Gasteiger partial charge on any atom is 0.409 e. The Bertz CT molecular complexity index is 1520. The Kier molecular flexibility index (Phi) is 11.6. The third kappa shape index (κ3) is 8.45. The van der Waals surface area contributed by atoms with Gasteiger partial charge in [0.25, 0.3) is 11.8 Å². The lowest BCUT2D eigenvalue weighted by Gasteiger charge is -2.35. The highest BCUT2D eigenvalue weighted by Crippen LogP contribution is 2.27. The van der Waals surface area contributed by atoms with Gasteiger partial charge in [-0.15, -0.1) is 0 Å². The number of piperazine rings is 1. The number of amides is 5. The van der Waals surface area contributed by atoms with Crippen molar-refractivity contribution in [2.24, 2.45) is 0 Å². The first-order valence-corrected chi connectivity index (χ1v) is 15.7. The molecule has 2 aliphatic heterocycles. The van der Waals surface area contributed by atoms with Crippen LogP contribution in [0.3, 0.4) is 0 Å². The number of carboxylic acid groups (broad SMARTS) is 1. The SMILES string of the molecule is CCOC(=O)N1CCN(C(=O)[C@H](CC(=O)O)NC(=O)c2cc(OCC(=O)N3CCC[C@H]3C(=O)N(C)CC)c3ccc(C)cc3n2)CC1. The van der Waals surface area contributed by atoms with Gasteiger partial charge < -0.3 is 39.5 Å². The molecule has 1 aromatic carbocycles. The molecule has 5 amide bonds. The lowest BCUT2D eigenvalue weighted by atomic mass is 10.1. The zero-order chi connectivity index (χ0) is 34.2. The number of carboxylic acids is 1. The number of hydrogen-bond acceptors (Lipinski definition) is 9. The number of pyridine rings is 1. The molecule has 3 heterocycles. The van der Waals surface area contributed by atoms with Gasteiger partial charge in [0.2, 0.25) is 11.8 Å². The predicted octanol–water partition coefficient (Wildman–Crippen LogP) is 1.27. The molecule has 2 aliphatic rings. The molecular formula is C32H42N6O9. The van der Waals surface area contributed by atoms with E-state index >= 15 is 0 Å². The first kappa shape index (κ1) is 34.9. The standard InChI is InChI=1S/C32H42N6O9/c1-5-35(4)31(44)25-8-7-11-38(25)27(39)19-47-26-17-23(33-22-16-20(3)9-10-21(22)26)29(42)34-24(18-28(40)41)30(43)36-12-14-37(15-13-36)32(45)46-6-2/h9-10,16-17,24-25H,5-8,11-15,18-19H2,1-4H3,(H,34,42)(H,40,41)/t24-,25-/m0/s1. The number of rotatable bonds is 11. The van der Waals surface area contributed by atoms with Gasteiger partial charge in [0.05, 0.1) is 18.5 Å². The molecule has 15 heteroatoms. The van der Waals surface area contributed by atoms with Crippen LogP contribution in [0.4, 0.5) is 4.79 Å². The van der Waals surface area contributed by atoms with Crippen molar-refractivity contribution < 1.29 is 43.3 Å². The van der Waals surface area contributed by atoms with Gasteiger partial charge in [-0.05, 0) is 51.3 Å². The average Bonchev–Trinajstić information content (AvgIpc) is 3.55. The summed E-state index contributed by atoms with van der Waals surface area (Å²) in [6.45, 7) is 6.86. The van der Waals surface area contributed by atoms with Crippen molar-refractivity contribution in [1.29, 1.82) is 0 Å². The highest BCUT2D eigenvalue weighted by atomic mass is 16.6. The van der Waals surface area contributed by atoms with Crippen LogP contribution in [0.25, 0.3) is 10.9 Å². The lowest BCUT2D eigenvalue weighted by Crippen LogP contribution is -2.56. The van der Waals surface area contributed by atoms with Gasteiger partial charge in [0, 0.05) is 57.8 Å². The van der Waals surface area contributed by atoms with Crippen LogP contribution in [0.15, 0.2) is 24.3 Å². The van der Waals surface area contributed by atoms with Crippen molar-refractivity contribution in [2.45, 2.75) is 52.1 Å². The first-order valence-electron chi connectivity index (χ1n) is 15.7. The van der Waals surface area contributed by atoms with Gasteiger partial charge in [-0.1, -0.05) is 6.07 Å². The van der Waals surface area contributed by atoms with Crippen LogP contribution in [-0.2, 0) is 23.9 Å². The summed E-state index contributed by atoms with van der Waals surface area (Å²) in [7, 11) is 1.69. The molecule has 0 radical (unpaired) electrons. The number of benzene rings is 1. The van der Waals surface area contributed by atoms with E-state index < -0.39 is 42.4 Å². The summed E-state index contributed by atoms with van der Waals surface area (Å²) < 4.78 is 11.0. The Morgan fingerprint density at radius 1 is 1.04 bits per heavy atom. The molecule has 2 atom stereocenters. The predicted molar refractivity (Wildman–Crippen MR) is 169 cm³/mol. The fraction of sp³-hybridized carbons (Fsp3) is 0.531. The Labute approximate surface area is 272 Å².